The van der Waals surface area contributed by atoms with Gasteiger partial charge >= 0.3 is 0 Å². The average molecular weight is 315 g/mol. The highest BCUT2D eigenvalue weighted by molar-refractivity contribution is 7.87. The fraction of sp³-hybridized carbons (Fsp3) is 0.769. The van der Waals surface area contributed by atoms with Gasteiger partial charge in [-0.1, -0.05) is 0 Å². The molecule has 21 heavy (non-hydrogen) atoms. The highest BCUT2D eigenvalue weighted by Crippen LogP contribution is 2.18. The minimum absolute atomic E-state index is 0.184. The summed E-state index contributed by atoms with van der Waals surface area (Å²) in [5, 5.41) is 3.38. The van der Waals surface area contributed by atoms with E-state index in [1.807, 2.05) is 17.7 Å². The van der Waals surface area contributed by atoms with Crippen LogP contribution >= 0.6 is 0 Å². The third-order valence-electron chi connectivity index (χ3n) is 3.46. The number of imidazole rings is 1. The van der Waals surface area contributed by atoms with Gasteiger partial charge in [-0.15, -0.1) is 0 Å². The van der Waals surface area contributed by atoms with E-state index in [0.29, 0.717) is 19.1 Å². The van der Waals surface area contributed by atoms with Crippen LogP contribution < -0.4 is 10.0 Å². The zero-order chi connectivity index (χ0) is 15.3. The highest BCUT2D eigenvalue weighted by atomic mass is 32.2. The van der Waals surface area contributed by atoms with E-state index in [0.717, 1.165) is 13.0 Å². The van der Waals surface area contributed by atoms with Gasteiger partial charge < -0.3 is 9.88 Å². The minimum atomic E-state index is -3.43. The first-order valence-electron chi connectivity index (χ1n) is 7.40. The Morgan fingerprint density at radius 3 is 2.86 bits per heavy atom. The van der Waals surface area contributed by atoms with Gasteiger partial charge in [0.1, 0.15) is 0 Å². The molecule has 2 rings (SSSR count). The average Bonchev–Trinajstić information content (AvgIpc) is 3.10. The second-order valence-electron chi connectivity index (χ2n) is 5.69. The lowest BCUT2D eigenvalue weighted by Crippen LogP contribution is -2.44. The summed E-state index contributed by atoms with van der Waals surface area (Å²) in [6, 6.07) is 0.483. The van der Waals surface area contributed by atoms with Gasteiger partial charge in [0.2, 0.25) is 0 Å². The Kier molecular flexibility index (Phi) is 5.74. The Morgan fingerprint density at radius 1 is 1.48 bits per heavy atom. The van der Waals surface area contributed by atoms with Gasteiger partial charge in [0.15, 0.2) is 0 Å². The fourth-order valence-corrected chi connectivity index (χ4v) is 3.24. The van der Waals surface area contributed by atoms with Crippen LogP contribution in [0.25, 0.3) is 0 Å². The molecule has 0 aliphatic heterocycles. The number of hydrogen-bond acceptors (Lipinski definition) is 4. The summed E-state index contributed by atoms with van der Waals surface area (Å²) >= 11 is 0. The Labute approximate surface area is 126 Å². The first-order chi connectivity index (χ1) is 9.97. The van der Waals surface area contributed by atoms with Crippen molar-refractivity contribution in [3.8, 4) is 0 Å². The number of nitrogens with zero attached hydrogens (tertiary/aromatic N) is 3. The summed E-state index contributed by atoms with van der Waals surface area (Å²) in [4.78, 5) is 3.94. The lowest BCUT2D eigenvalue weighted by molar-refractivity contribution is 0.429. The first kappa shape index (κ1) is 16.4. The molecule has 1 unspecified atom stereocenters. The van der Waals surface area contributed by atoms with Crippen molar-refractivity contribution in [3.05, 3.63) is 18.7 Å². The molecule has 1 aromatic rings. The van der Waals surface area contributed by atoms with Gasteiger partial charge in [-0.25, -0.2) is 4.98 Å². The maximum absolute atomic E-state index is 12.2. The van der Waals surface area contributed by atoms with Crippen LogP contribution in [-0.4, -0.2) is 54.5 Å². The van der Waals surface area contributed by atoms with Crippen molar-refractivity contribution in [2.75, 3.05) is 20.1 Å². The maximum Gasteiger partial charge on any atom is 0.279 e. The van der Waals surface area contributed by atoms with E-state index >= 15 is 0 Å². The maximum atomic E-state index is 12.2. The lowest BCUT2D eigenvalue weighted by atomic mass is 10.4. The molecule has 1 aliphatic rings. The van der Waals surface area contributed by atoms with E-state index in [-0.39, 0.29) is 6.04 Å². The predicted octanol–water partition coefficient (Wildman–Crippen LogP) is 0.180. The van der Waals surface area contributed by atoms with Gasteiger partial charge in [-0.3, -0.25) is 0 Å². The molecule has 1 saturated carbocycles. The van der Waals surface area contributed by atoms with Crippen LogP contribution in [0.4, 0.5) is 0 Å². The van der Waals surface area contributed by atoms with Crippen LogP contribution in [0.2, 0.25) is 0 Å². The molecule has 8 heteroatoms. The van der Waals surface area contributed by atoms with Crippen molar-refractivity contribution in [3.63, 3.8) is 0 Å². The monoisotopic (exact) mass is 315 g/mol. The van der Waals surface area contributed by atoms with Crippen molar-refractivity contribution in [2.24, 2.45) is 0 Å². The molecule has 1 aliphatic carbocycles. The Hall–Kier alpha value is -0.960. The standard InChI is InChI=1S/C13H25N5O2S/c1-12(10-18-9-7-14-11-18)16-21(19,20)17(2)8-3-6-15-13-4-5-13/h7,9,11-13,15-16H,3-6,8,10H2,1-2H3. The molecule has 1 aromatic heterocycles. The van der Waals surface area contributed by atoms with Crippen LogP contribution in [0.1, 0.15) is 26.2 Å². The summed E-state index contributed by atoms with van der Waals surface area (Å²) < 4.78 is 30.3. The molecule has 1 fully saturated rings. The second-order valence-corrected chi connectivity index (χ2v) is 7.50. The van der Waals surface area contributed by atoms with Crippen LogP contribution in [0.3, 0.4) is 0 Å². The van der Waals surface area contributed by atoms with Gasteiger partial charge in [-0.05, 0) is 32.7 Å². The first-order valence-corrected chi connectivity index (χ1v) is 8.84. The molecular formula is C13H25N5O2S. The van der Waals surface area contributed by atoms with Crippen molar-refractivity contribution < 1.29 is 8.42 Å². The Balaban J connectivity index is 1.70. The molecule has 1 heterocycles. The van der Waals surface area contributed by atoms with E-state index in [1.54, 1.807) is 19.6 Å². The molecular weight excluding hydrogens is 290 g/mol. The third kappa shape index (κ3) is 5.74. The zero-order valence-corrected chi connectivity index (χ0v) is 13.5. The highest BCUT2D eigenvalue weighted by Gasteiger charge is 2.22. The van der Waals surface area contributed by atoms with Gasteiger partial charge in [-0.2, -0.15) is 17.4 Å². The topological polar surface area (TPSA) is 79.3 Å². The molecule has 120 valence electrons. The molecule has 7 nitrogen and oxygen atoms in total. The predicted molar refractivity (Wildman–Crippen MR) is 82.0 cm³/mol. The van der Waals surface area contributed by atoms with Crippen molar-refractivity contribution in [1.82, 2.24) is 23.9 Å². The van der Waals surface area contributed by atoms with Crippen LogP contribution in [0.15, 0.2) is 18.7 Å². The summed E-state index contributed by atoms with van der Waals surface area (Å²) in [6.07, 6.45) is 8.50. The molecule has 0 aromatic carbocycles. The molecule has 0 saturated heterocycles. The van der Waals surface area contributed by atoms with Crippen LogP contribution in [0.5, 0.6) is 0 Å². The summed E-state index contributed by atoms with van der Waals surface area (Å²) in [6.45, 7) is 3.80. The minimum Gasteiger partial charge on any atom is -0.336 e. The van der Waals surface area contributed by atoms with E-state index in [2.05, 4.69) is 15.0 Å². The van der Waals surface area contributed by atoms with Crippen molar-refractivity contribution in [1.29, 1.82) is 0 Å². The lowest BCUT2D eigenvalue weighted by Gasteiger charge is -2.21. The quantitative estimate of drug-likeness (QED) is 0.604. The second kappa shape index (κ2) is 7.35. The summed E-state index contributed by atoms with van der Waals surface area (Å²) in [7, 11) is -1.81. The number of nitrogens with one attached hydrogen (secondary N) is 2. The third-order valence-corrected chi connectivity index (χ3v) is 5.17. The number of hydrogen-bond donors (Lipinski definition) is 2. The SMILES string of the molecule is CC(Cn1ccnc1)NS(=O)(=O)N(C)CCCNC1CC1. The van der Waals surface area contributed by atoms with Crippen molar-refractivity contribution >= 4 is 10.2 Å². The smallest absolute Gasteiger partial charge is 0.279 e. The molecule has 0 spiro atoms. The van der Waals surface area contributed by atoms with E-state index < -0.39 is 10.2 Å². The van der Waals surface area contributed by atoms with E-state index in [9.17, 15) is 8.42 Å². The number of aromatic nitrogens is 2. The van der Waals surface area contributed by atoms with Crippen LogP contribution in [-0.2, 0) is 16.8 Å². The van der Waals surface area contributed by atoms with Crippen LogP contribution in [0, 0.1) is 0 Å². The van der Waals surface area contributed by atoms with Crippen molar-refractivity contribution in [2.45, 2.75) is 44.8 Å². The van der Waals surface area contributed by atoms with E-state index in [1.165, 1.54) is 17.1 Å². The largest absolute Gasteiger partial charge is 0.336 e. The Bertz CT molecular complexity index is 513. The molecule has 0 bridgehead atoms. The normalized spacial score (nSPS) is 17.3. The van der Waals surface area contributed by atoms with Gasteiger partial charge in [0.25, 0.3) is 10.2 Å². The molecule has 0 radical (unpaired) electrons. The van der Waals surface area contributed by atoms with Gasteiger partial charge in [0, 0.05) is 44.6 Å². The van der Waals surface area contributed by atoms with Gasteiger partial charge in [0.05, 0.1) is 6.33 Å². The summed E-state index contributed by atoms with van der Waals surface area (Å²) in [5.41, 5.74) is 0. The Morgan fingerprint density at radius 2 is 2.24 bits per heavy atom. The summed E-state index contributed by atoms with van der Waals surface area (Å²) in [5.74, 6) is 0. The number of rotatable bonds is 10. The van der Waals surface area contributed by atoms with E-state index in [4.69, 9.17) is 0 Å². The molecule has 1 atom stereocenters. The fourth-order valence-electron chi connectivity index (χ4n) is 2.11. The zero-order valence-electron chi connectivity index (χ0n) is 12.7. The molecule has 0 amide bonds. The molecule has 2 N–H and O–H groups in total.